The minimum Gasteiger partial charge on any atom is -0.394 e. The Morgan fingerprint density at radius 3 is 1.43 bits per heavy atom. The third-order valence-corrected chi connectivity index (χ3v) is 13.7. The molecule has 0 bridgehead atoms. The third kappa shape index (κ3) is 33.1. The van der Waals surface area contributed by atoms with E-state index in [0.29, 0.717) is 12.8 Å². The number of hydrogen-bond acceptors (Lipinski definition) is 13. The van der Waals surface area contributed by atoms with Gasteiger partial charge in [0.05, 0.1) is 32.0 Å². The van der Waals surface area contributed by atoms with Gasteiger partial charge in [0.1, 0.15) is 48.8 Å². The molecule has 2 saturated heterocycles. The molecule has 0 spiro atoms. The van der Waals surface area contributed by atoms with Crippen LogP contribution in [-0.4, -0.2) is 140 Å². The number of hydrogen-bond donors (Lipinski definition) is 9. The van der Waals surface area contributed by atoms with Crippen LogP contribution < -0.4 is 5.32 Å². The minimum atomic E-state index is -1.80. The SMILES string of the molecule is CC/C=C\C/C=C\C/C=C\C/C=C\C/C=C\C/C=C\CCCCCCC(=O)NC(COC1OC(CO)C(OC2OC(CO)C(O)C(O)C2O)C(O)C1O)C(O)/C=C/CC/C=C/CC/C=C/CCCCCCCCCCCC. The molecule has 12 unspecified atom stereocenters. The van der Waals surface area contributed by atoms with E-state index >= 15 is 0 Å². The van der Waals surface area contributed by atoms with Crippen LogP contribution in [0.25, 0.3) is 0 Å². The lowest BCUT2D eigenvalue weighted by atomic mass is 9.97. The molecule has 2 heterocycles. The Bertz CT molecular complexity index is 1700. The number of ether oxygens (including phenoxy) is 4. The maximum atomic E-state index is 13.2. The summed E-state index contributed by atoms with van der Waals surface area (Å²) in [5.74, 6) is -0.283. The predicted octanol–water partition coefficient (Wildman–Crippen LogP) is 10.1. The molecule has 14 nitrogen and oxygen atoms in total. The van der Waals surface area contributed by atoms with Crippen LogP contribution in [0.15, 0.2) is 109 Å². The van der Waals surface area contributed by atoms with Crippen LogP contribution in [0.5, 0.6) is 0 Å². The largest absolute Gasteiger partial charge is 0.394 e. The summed E-state index contributed by atoms with van der Waals surface area (Å²) < 4.78 is 22.7. The lowest BCUT2D eigenvalue weighted by Crippen LogP contribution is -2.65. The van der Waals surface area contributed by atoms with Crippen molar-refractivity contribution in [2.24, 2.45) is 0 Å². The molecule has 9 N–H and O–H groups in total. The molecule has 14 heteroatoms. The van der Waals surface area contributed by atoms with Gasteiger partial charge in [-0.15, -0.1) is 0 Å². The number of unbranched alkanes of at least 4 members (excludes halogenated alkanes) is 16. The number of amides is 1. The van der Waals surface area contributed by atoms with E-state index in [4.69, 9.17) is 18.9 Å². The first-order valence-corrected chi connectivity index (χ1v) is 29.6. The number of aliphatic hydroxyl groups is 8. The van der Waals surface area contributed by atoms with Gasteiger partial charge in [-0.1, -0.05) is 194 Å². The highest BCUT2D eigenvalue weighted by Gasteiger charge is 2.51. The zero-order chi connectivity index (χ0) is 56.0. The Morgan fingerprint density at radius 2 is 0.909 bits per heavy atom. The highest BCUT2D eigenvalue weighted by molar-refractivity contribution is 5.76. The zero-order valence-electron chi connectivity index (χ0n) is 47.2. The molecular formula is C63H105NO13. The van der Waals surface area contributed by atoms with E-state index in [-0.39, 0.29) is 18.9 Å². The van der Waals surface area contributed by atoms with E-state index in [9.17, 15) is 45.6 Å². The fraction of sp³-hybridized carbons (Fsp3) is 0.698. The van der Waals surface area contributed by atoms with Gasteiger partial charge in [0.25, 0.3) is 0 Å². The number of aliphatic hydroxyl groups excluding tert-OH is 8. The quantitative estimate of drug-likeness (QED) is 0.0205. The topological polar surface area (TPSA) is 228 Å². The molecule has 0 aromatic carbocycles. The smallest absolute Gasteiger partial charge is 0.220 e. The normalized spacial score (nSPS) is 25.5. The van der Waals surface area contributed by atoms with Crippen molar-refractivity contribution in [3.05, 3.63) is 109 Å². The van der Waals surface area contributed by atoms with Crippen LogP contribution >= 0.6 is 0 Å². The molecule has 0 aromatic rings. The number of carbonyl (C=O) groups is 1. The molecule has 2 fully saturated rings. The van der Waals surface area contributed by atoms with Crippen LogP contribution in [-0.2, 0) is 23.7 Å². The second-order valence-electron chi connectivity index (χ2n) is 20.4. The fourth-order valence-corrected chi connectivity index (χ4v) is 8.91. The first-order chi connectivity index (χ1) is 37.6. The van der Waals surface area contributed by atoms with Gasteiger partial charge in [0.15, 0.2) is 12.6 Å². The summed E-state index contributed by atoms with van der Waals surface area (Å²) in [6, 6.07) is -0.960. The molecular weight excluding hydrogens is 979 g/mol. The van der Waals surface area contributed by atoms with E-state index in [1.54, 1.807) is 6.08 Å². The minimum absolute atomic E-state index is 0.233. The Kier molecular flexibility index (Phi) is 43.0. The molecule has 12 atom stereocenters. The lowest BCUT2D eigenvalue weighted by molar-refractivity contribution is -0.359. The Balaban J connectivity index is 1.82. The van der Waals surface area contributed by atoms with Gasteiger partial charge in [-0.25, -0.2) is 0 Å². The molecule has 0 radical (unpaired) electrons. The number of allylic oxidation sites excluding steroid dienone is 17. The van der Waals surface area contributed by atoms with Gasteiger partial charge in [0, 0.05) is 6.42 Å². The molecule has 77 heavy (non-hydrogen) atoms. The van der Waals surface area contributed by atoms with Crippen molar-refractivity contribution in [3.63, 3.8) is 0 Å². The Labute approximate surface area is 464 Å². The molecule has 1 amide bonds. The van der Waals surface area contributed by atoms with Gasteiger partial charge in [-0.3, -0.25) is 4.79 Å². The van der Waals surface area contributed by atoms with Crippen molar-refractivity contribution in [1.29, 1.82) is 0 Å². The summed E-state index contributed by atoms with van der Waals surface area (Å²) in [7, 11) is 0. The highest BCUT2D eigenvalue weighted by Crippen LogP contribution is 2.30. The van der Waals surface area contributed by atoms with Gasteiger partial charge >= 0.3 is 0 Å². The van der Waals surface area contributed by atoms with Crippen LogP contribution in [0.2, 0.25) is 0 Å². The third-order valence-electron chi connectivity index (χ3n) is 13.7. The van der Waals surface area contributed by atoms with Crippen molar-refractivity contribution in [2.75, 3.05) is 19.8 Å². The molecule has 2 aliphatic rings. The van der Waals surface area contributed by atoms with Crippen LogP contribution in [0.3, 0.4) is 0 Å². The number of carbonyl (C=O) groups excluding carboxylic acids is 1. The molecule has 440 valence electrons. The molecule has 0 aliphatic carbocycles. The number of nitrogens with one attached hydrogen (secondary N) is 1. The summed E-state index contributed by atoms with van der Waals surface area (Å²) in [6.45, 7) is 2.62. The van der Waals surface area contributed by atoms with E-state index in [1.165, 1.54) is 64.2 Å². The second-order valence-corrected chi connectivity index (χ2v) is 20.4. The molecule has 0 aromatic heterocycles. The first-order valence-electron chi connectivity index (χ1n) is 29.6. The molecule has 2 rings (SSSR count). The van der Waals surface area contributed by atoms with Crippen LogP contribution in [0.4, 0.5) is 0 Å². The van der Waals surface area contributed by atoms with Crippen molar-refractivity contribution in [2.45, 2.75) is 261 Å². The Morgan fingerprint density at radius 1 is 0.481 bits per heavy atom. The van der Waals surface area contributed by atoms with Crippen molar-refractivity contribution < 1.29 is 64.6 Å². The monoisotopic (exact) mass is 1080 g/mol. The first kappa shape index (κ1) is 69.8. The van der Waals surface area contributed by atoms with Gasteiger partial charge in [-0.05, 0) is 96.3 Å². The van der Waals surface area contributed by atoms with Gasteiger partial charge < -0.3 is 65.1 Å². The maximum Gasteiger partial charge on any atom is 0.220 e. The molecule has 0 saturated carbocycles. The second kappa shape index (κ2) is 47.5. The summed E-state index contributed by atoms with van der Waals surface area (Å²) in [5, 5.41) is 87.1. The maximum absolute atomic E-state index is 13.2. The summed E-state index contributed by atoms with van der Waals surface area (Å²) in [4.78, 5) is 13.2. The lowest BCUT2D eigenvalue weighted by Gasteiger charge is -2.46. The van der Waals surface area contributed by atoms with Crippen LogP contribution in [0.1, 0.15) is 187 Å². The predicted molar refractivity (Wildman–Crippen MR) is 309 cm³/mol. The average Bonchev–Trinajstić information content (AvgIpc) is 3.44. The Hall–Kier alpha value is -3.35. The number of rotatable bonds is 45. The highest BCUT2D eigenvalue weighted by atomic mass is 16.7. The summed E-state index contributed by atoms with van der Waals surface area (Å²) in [5.41, 5.74) is 0. The van der Waals surface area contributed by atoms with Crippen molar-refractivity contribution in [3.8, 4) is 0 Å². The van der Waals surface area contributed by atoms with Gasteiger partial charge in [-0.2, -0.15) is 0 Å². The average molecular weight is 1080 g/mol. The van der Waals surface area contributed by atoms with Gasteiger partial charge in [0.2, 0.25) is 5.91 Å². The van der Waals surface area contributed by atoms with E-state index < -0.39 is 86.8 Å². The fourth-order valence-electron chi connectivity index (χ4n) is 8.91. The van der Waals surface area contributed by atoms with Crippen molar-refractivity contribution >= 4 is 5.91 Å². The van der Waals surface area contributed by atoms with E-state index in [2.05, 4.69) is 116 Å². The summed E-state index contributed by atoms with van der Waals surface area (Å²) in [6.07, 6.45) is 49.8. The molecule has 2 aliphatic heterocycles. The standard InChI is InChI=1S/C63H105NO13/c1-3-5-7-9-11-13-15-17-19-21-23-25-26-27-29-31-33-35-37-39-41-43-45-47-55(68)64-51(52(67)46-44-42-40-38-36-34-32-30-28-24-22-20-18-16-14-12-10-8-6-4-2)50-74-62-60(73)58(71)61(54(49-66)76-62)77-63-59(72)57(70)56(69)53(48-65)75-63/h5,7,11,13,17,19,23,25,27-30,33,35-36,38,44,46,51-54,56-63,65-67,69-73H,3-4,6,8-10,12,14-16,18,20-22,24,26,31-32,34,37,39-43,45,47-50H2,1-2H3,(H,64,68)/b7-5-,13-11-,19-17-,25-23-,29-27-,30-28+,35-33-,38-36+,46-44+. The zero-order valence-corrected chi connectivity index (χ0v) is 47.2. The van der Waals surface area contributed by atoms with E-state index in [1.807, 2.05) is 6.08 Å². The van der Waals surface area contributed by atoms with Crippen LogP contribution in [0, 0.1) is 0 Å². The van der Waals surface area contributed by atoms with Crippen molar-refractivity contribution in [1.82, 2.24) is 5.32 Å². The summed E-state index contributed by atoms with van der Waals surface area (Å²) >= 11 is 0. The van der Waals surface area contributed by atoms with E-state index in [0.717, 1.165) is 89.9 Å².